The van der Waals surface area contributed by atoms with Crippen molar-refractivity contribution in [3.63, 3.8) is 0 Å². The van der Waals surface area contributed by atoms with Gasteiger partial charge in [0.25, 0.3) is 0 Å². The Balaban J connectivity index is 1.84. The molecule has 1 heterocycles. The van der Waals surface area contributed by atoms with Gasteiger partial charge in [0.15, 0.2) is 0 Å². The summed E-state index contributed by atoms with van der Waals surface area (Å²) in [5.74, 6) is 0.0120. The van der Waals surface area contributed by atoms with Crippen molar-refractivity contribution < 1.29 is 4.79 Å². The Kier molecular flexibility index (Phi) is 1.99. The molecule has 2 aliphatic rings. The number of nitrogens with zero attached hydrogens (tertiary/aromatic N) is 2. The molecule has 0 unspecified atom stereocenters. The molecule has 0 bridgehead atoms. The van der Waals surface area contributed by atoms with Crippen LogP contribution in [0.2, 0.25) is 0 Å². The number of piperidine rings is 1. The molecule has 70 valence electrons. The number of rotatable bonds is 1. The fourth-order valence-electron chi connectivity index (χ4n) is 2.09. The first-order chi connectivity index (χ1) is 6.26. The molecular weight excluding hydrogens is 164 g/mol. The van der Waals surface area contributed by atoms with Gasteiger partial charge in [-0.15, -0.1) is 0 Å². The summed E-state index contributed by atoms with van der Waals surface area (Å²) in [7, 11) is 0. The van der Waals surface area contributed by atoms with Crippen LogP contribution < -0.4 is 0 Å². The topological polar surface area (TPSA) is 44.1 Å². The average Bonchev–Trinajstić information content (AvgIpc) is 2.87. The van der Waals surface area contributed by atoms with E-state index in [1.54, 1.807) is 0 Å². The number of hydrogen-bond acceptors (Lipinski definition) is 2. The third kappa shape index (κ3) is 1.67. The first-order valence-corrected chi connectivity index (χ1v) is 4.91. The minimum absolute atomic E-state index is 0.0120. The Labute approximate surface area is 78.3 Å². The summed E-state index contributed by atoms with van der Waals surface area (Å²) in [5, 5.41) is 8.38. The predicted octanol–water partition coefficient (Wildman–Crippen LogP) is 1.30. The Morgan fingerprint density at radius 3 is 2.38 bits per heavy atom. The van der Waals surface area contributed by atoms with E-state index in [0.29, 0.717) is 5.41 Å². The van der Waals surface area contributed by atoms with Crippen LogP contribution in [-0.4, -0.2) is 23.9 Å². The number of amides is 1. The number of carbonyl (C=O) groups excluding carboxylic acids is 1. The summed E-state index contributed by atoms with van der Waals surface area (Å²) < 4.78 is 0. The molecule has 0 radical (unpaired) electrons. The Morgan fingerprint density at radius 1 is 1.31 bits per heavy atom. The molecule has 0 aromatic carbocycles. The smallest absolute Gasteiger partial charge is 0.236 e. The number of likely N-dealkylation sites (tertiary alicyclic amines) is 1. The number of nitriles is 1. The lowest BCUT2D eigenvalue weighted by Crippen LogP contribution is -2.38. The van der Waals surface area contributed by atoms with Gasteiger partial charge in [0, 0.05) is 13.1 Å². The summed E-state index contributed by atoms with van der Waals surface area (Å²) in [5.41, 5.74) is 0.615. The molecule has 13 heavy (non-hydrogen) atoms. The van der Waals surface area contributed by atoms with E-state index in [0.717, 1.165) is 25.9 Å². The molecule has 0 atom stereocenters. The summed E-state index contributed by atoms with van der Waals surface area (Å²) in [6, 6.07) is 1.91. The van der Waals surface area contributed by atoms with Crippen molar-refractivity contribution in [2.24, 2.45) is 5.41 Å². The molecule has 0 N–H and O–H groups in total. The van der Waals surface area contributed by atoms with Gasteiger partial charge in [0.1, 0.15) is 6.42 Å². The zero-order valence-corrected chi connectivity index (χ0v) is 7.75. The van der Waals surface area contributed by atoms with E-state index in [2.05, 4.69) is 0 Å². The summed E-state index contributed by atoms with van der Waals surface area (Å²) in [6.45, 7) is 1.75. The maximum Gasteiger partial charge on any atom is 0.236 e. The van der Waals surface area contributed by atoms with E-state index in [-0.39, 0.29) is 12.3 Å². The minimum Gasteiger partial charge on any atom is -0.342 e. The highest BCUT2D eigenvalue weighted by atomic mass is 16.2. The second kappa shape index (κ2) is 3.02. The van der Waals surface area contributed by atoms with E-state index in [1.165, 1.54) is 12.8 Å². The number of carbonyl (C=O) groups is 1. The van der Waals surface area contributed by atoms with Gasteiger partial charge >= 0.3 is 0 Å². The van der Waals surface area contributed by atoms with Gasteiger partial charge in [-0.2, -0.15) is 5.26 Å². The largest absolute Gasteiger partial charge is 0.342 e. The Morgan fingerprint density at radius 2 is 1.92 bits per heavy atom. The standard InChI is InChI=1S/C10H14N2O/c11-6-1-9(13)12-7-4-10(2-3-10)5-8-12/h1-5,7-8H2. The van der Waals surface area contributed by atoms with Crippen LogP contribution >= 0.6 is 0 Å². The highest BCUT2D eigenvalue weighted by Crippen LogP contribution is 2.53. The van der Waals surface area contributed by atoms with Gasteiger partial charge < -0.3 is 4.90 Å². The third-order valence-electron chi connectivity index (χ3n) is 3.36. The fourth-order valence-corrected chi connectivity index (χ4v) is 2.09. The highest BCUT2D eigenvalue weighted by molar-refractivity contribution is 5.78. The molecule has 2 rings (SSSR count). The fraction of sp³-hybridized carbons (Fsp3) is 0.800. The summed E-state index contributed by atoms with van der Waals surface area (Å²) in [6.07, 6.45) is 5.07. The maximum absolute atomic E-state index is 11.3. The molecule has 0 aromatic rings. The zero-order chi connectivity index (χ0) is 9.31. The lowest BCUT2D eigenvalue weighted by Gasteiger charge is -2.31. The van der Waals surface area contributed by atoms with E-state index >= 15 is 0 Å². The zero-order valence-electron chi connectivity index (χ0n) is 7.75. The van der Waals surface area contributed by atoms with Crippen molar-refractivity contribution >= 4 is 5.91 Å². The molecule has 1 spiro atoms. The van der Waals surface area contributed by atoms with Gasteiger partial charge in [-0.05, 0) is 31.1 Å². The van der Waals surface area contributed by atoms with Crippen LogP contribution in [0, 0.1) is 16.7 Å². The third-order valence-corrected chi connectivity index (χ3v) is 3.36. The molecule has 3 heteroatoms. The van der Waals surface area contributed by atoms with Crippen molar-refractivity contribution in [3.05, 3.63) is 0 Å². The monoisotopic (exact) mass is 178 g/mol. The van der Waals surface area contributed by atoms with Crippen LogP contribution in [0.1, 0.15) is 32.1 Å². The lowest BCUT2D eigenvalue weighted by molar-refractivity contribution is -0.131. The van der Waals surface area contributed by atoms with Crippen molar-refractivity contribution in [1.82, 2.24) is 4.90 Å². The summed E-state index contributed by atoms with van der Waals surface area (Å²) >= 11 is 0. The van der Waals surface area contributed by atoms with Crippen LogP contribution in [0.3, 0.4) is 0 Å². The highest BCUT2D eigenvalue weighted by Gasteiger charge is 2.44. The van der Waals surface area contributed by atoms with E-state index in [4.69, 9.17) is 5.26 Å². The average molecular weight is 178 g/mol. The molecule has 1 aliphatic heterocycles. The van der Waals surface area contributed by atoms with Gasteiger partial charge in [0.05, 0.1) is 6.07 Å². The normalized spacial score (nSPS) is 24.1. The molecule has 3 nitrogen and oxygen atoms in total. The van der Waals surface area contributed by atoms with Gasteiger partial charge in [-0.1, -0.05) is 0 Å². The van der Waals surface area contributed by atoms with Crippen LogP contribution in [-0.2, 0) is 4.79 Å². The first-order valence-electron chi connectivity index (χ1n) is 4.91. The van der Waals surface area contributed by atoms with Crippen molar-refractivity contribution in [2.45, 2.75) is 32.1 Å². The quantitative estimate of drug-likeness (QED) is 0.607. The van der Waals surface area contributed by atoms with Crippen LogP contribution in [0.5, 0.6) is 0 Å². The van der Waals surface area contributed by atoms with Crippen LogP contribution in [0.4, 0.5) is 0 Å². The molecule has 1 aliphatic carbocycles. The first kappa shape index (κ1) is 8.55. The minimum atomic E-state index is 0.0120. The van der Waals surface area contributed by atoms with Gasteiger partial charge in [-0.25, -0.2) is 0 Å². The summed E-state index contributed by atoms with van der Waals surface area (Å²) in [4.78, 5) is 13.2. The molecular formula is C10H14N2O. The van der Waals surface area contributed by atoms with Crippen LogP contribution in [0.15, 0.2) is 0 Å². The maximum atomic E-state index is 11.3. The van der Waals surface area contributed by atoms with Crippen molar-refractivity contribution in [1.29, 1.82) is 5.26 Å². The predicted molar refractivity (Wildman–Crippen MR) is 47.7 cm³/mol. The van der Waals surface area contributed by atoms with E-state index in [1.807, 2.05) is 11.0 Å². The Hall–Kier alpha value is -1.04. The second-order valence-electron chi connectivity index (χ2n) is 4.22. The Bertz CT molecular complexity index is 253. The van der Waals surface area contributed by atoms with Gasteiger partial charge in [0.2, 0.25) is 5.91 Å². The molecule has 1 amide bonds. The molecule has 2 fully saturated rings. The van der Waals surface area contributed by atoms with E-state index < -0.39 is 0 Å². The second-order valence-corrected chi connectivity index (χ2v) is 4.22. The van der Waals surface area contributed by atoms with Gasteiger partial charge in [-0.3, -0.25) is 4.79 Å². The molecule has 0 aromatic heterocycles. The van der Waals surface area contributed by atoms with Crippen molar-refractivity contribution in [3.8, 4) is 6.07 Å². The van der Waals surface area contributed by atoms with E-state index in [9.17, 15) is 4.79 Å². The molecule has 1 saturated heterocycles. The molecule has 1 saturated carbocycles. The number of hydrogen-bond donors (Lipinski definition) is 0. The van der Waals surface area contributed by atoms with Crippen molar-refractivity contribution in [2.75, 3.05) is 13.1 Å². The SMILES string of the molecule is N#CCC(=O)N1CCC2(CC1)CC2. The lowest BCUT2D eigenvalue weighted by atomic mass is 9.93. The van der Waals surface area contributed by atoms with Crippen LogP contribution in [0.25, 0.3) is 0 Å².